The summed E-state index contributed by atoms with van der Waals surface area (Å²) in [6, 6.07) is 7.62. The summed E-state index contributed by atoms with van der Waals surface area (Å²) in [6.45, 7) is 4.90. The second-order valence-corrected chi connectivity index (χ2v) is 4.15. The lowest BCUT2D eigenvalue weighted by Crippen LogP contribution is -2.22. The fourth-order valence-corrected chi connectivity index (χ4v) is 1.45. The van der Waals surface area contributed by atoms with Crippen molar-refractivity contribution in [2.24, 2.45) is 5.92 Å². The SMILES string of the molecule is CCOCc1ccccc1NC(=O)C(C)CCl. The molecular formula is C13H18ClNO2. The van der Waals surface area contributed by atoms with Gasteiger partial charge in [-0.3, -0.25) is 4.79 Å². The molecule has 0 saturated heterocycles. The van der Waals surface area contributed by atoms with Gasteiger partial charge in [0.25, 0.3) is 0 Å². The van der Waals surface area contributed by atoms with Crippen LogP contribution in [0.3, 0.4) is 0 Å². The fourth-order valence-electron chi connectivity index (χ4n) is 1.31. The van der Waals surface area contributed by atoms with Crippen molar-refractivity contribution in [3.05, 3.63) is 29.8 Å². The van der Waals surface area contributed by atoms with Gasteiger partial charge in [0.2, 0.25) is 5.91 Å². The minimum absolute atomic E-state index is 0.0658. The second kappa shape index (κ2) is 7.30. The van der Waals surface area contributed by atoms with E-state index in [0.717, 1.165) is 11.3 Å². The molecular weight excluding hydrogens is 238 g/mol. The van der Waals surface area contributed by atoms with Crippen LogP contribution in [0.2, 0.25) is 0 Å². The molecule has 1 rings (SSSR count). The van der Waals surface area contributed by atoms with Crippen LogP contribution in [0.1, 0.15) is 19.4 Å². The van der Waals surface area contributed by atoms with E-state index >= 15 is 0 Å². The maximum absolute atomic E-state index is 11.7. The van der Waals surface area contributed by atoms with E-state index in [1.54, 1.807) is 6.92 Å². The number of nitrogens with one attached hydrogen (secondary N) is 1. The zero-order valence-electron chi connectivity index (χ0n) is 10.2. The molecule has 17 heavy (non-hydrogen) atoms. The topological polar surface area (TPSA) is 38.3 Å². The van der Waals surface area contributed by atoms with Gasteiger partial charge in [-0.15, -0.1) is 11.6 Å². The highest BCUT2D eigenvalue weighted by molar-refractivity contribution is 6.19. The number of halogens is 1. The summed E-state index contributed by atoms with van der Waals surface area (Å²) in [7, 11) is 0. The quantitative estimate of drug-likeness (QED) is 0.794. The number of amides is 1. The molecule has 0 radical (unpaired) electrons. The number of carbonyl (C=O) groups is 1. The number of hydrogen-bond donors (Lipinski definition) is 1. The van der Waals surface area contributed by atoms with Crippen LogP contribution < -0.4 is 5.32 Å². The van der Waals surface area contributed by atoms with E-state index in [4.69, 9.17) is 16.3 Å². The van der Waals surface area contributed by atoms with Gasteiger partial charge in [0, 0.05) is 29.7 Å². The van der Waals surface area contributed by atoms with Crippen molar-refractivity contribution < 1.29 is 9.53 Å². The molecule has 94 valence electrons. The molecule has 0 spiro atoms. The average molecular weight is 256 g/mol. The minimum atomic E-state index is -0.197. The van der Waals surface area contributed by atoms with Crippen molar-refractivity contribution in [3.8, 4) is 0 Å². The zero-order valence-corrected chi connectivity index (χ0v) is 11.0. The van der Waals surface area contributed by atoms with E-state index in [9.17, 15) is 4.79 Å². The fraction of sp³-hybridized carbons (Fsp3) is 0.462. The molecule has 4 heteroatoms. The van der Waals surface area contributed by atoms with Crippen LogP contribution in [0.15, 0.2) is 24.3 Å². The Hall–Kier alpha value is -1.06. The van der Waals surface area contributed by atoms with E-state index < -0.39 is 0 Å². The molecule has 0 aromatic heterocycles. The average Bonchev–Trinajstić information content (AvgIpc) is 2.36. The summed E-state index contributed by atoms with van der Waals surface area (Å²) >= 11 is 5.65. The van der Waals surface area contributed by atoms with E-state index in [2.05, 4.69) is 5.32 Å². The third kappa shape index (κ3) is 4.36. The largest absolute Gasteiger partial charge is 0.377 e. The zero-order chi connectivity index (χ0) is 12.7. The van der Waals surface area contributed by atoms with Crippen LogP contribution in [0, 0.1) is 5.92 Å². The molecule has 1 unspecified atom stereocenters. The Labute approximate surface area is 107 Å². The van der Waals surface area contributed by atoms with Gasteiger partial charge in [0.05, 0.1) is 6.61 Å². The van der Waals surface area contributed by atoms with E-state index in [1.165, 1.54) is 0 Å². The van der Waals surface area contributed by atoms with Crippen molar-refractivity contribution in [1.82, 2.24) is 0 Å². The Kier molecular flexibility index (Phi) is 6.01. The third-order valence-corrected chi connectivity index (χ3v) is 2.88. The van der Waals surface area contributed by atoms with Crippen molar-refractivity contribution >= 4 is 23.2 Å². The van der Waals surface area contributed by atoms with Crippen LogP contribution in [-0.2, 0) is 16.1 Å². The van der Waals surface area contributed by atoms with Gasteiger partial charge in [-0.2, -0.15) is 0 Å². The van der Waals surface area contributed by atoms with E-state index in [1.807, 2.05) is 31.2 Å². The summed E-state index contributed by atoms with van der Waals surface area (Å²) in [5.74, 6) is 0.0557. The van der Waals surface area contributed by atoms with Gasteiger partial charge < -0.3 is 10.1 Å². The molecule has 1 atom stereocenters. The Balaban J connectivity index is 2.72. The first-order valence-corrected chi connectivity index (χ1v) is 6.25. The highest BCUT2D eigenvalue weighted by atomic mass is 35.5. The normalized spacial score (nSPS) is 12.2. The summed E-state index contributed by atoms with van der Waals surface area (Å²) in [4.78, 5) is 11.7. The number of benzene rings is 1. The highest BCUT2D eigenvalue weighted by Gasteiger charge is 2.13. The lowest BCUT2D eigenvalue weighted by molar-refractivity contribution is -0.118. The van der Waals surface area contributed by atoms with Gasteiger partial charge in [-0.25, -0.2) is 0 Å². The lowest BCUT2D eigenvalue weighted by atomic mass is 10.1. The third-order valence-electron chi connectivity index (χ3n) is 2.42. The minimum Gasteiger partial charge on any atom is -0.377 e. The Morgan fingerprint density at radius 2 is 2.18 bits per heavy atom. The number of hydrogen-bond acceptors (Lipinski definition) is 2. The summed E-state index contributed by atoms with van der Waals surface area (Å²) < 4.78 is 5.35. The summed E-state index contributed by atoms with van der Waals surface area (Å²) in [6.07, 6.45) is 0. The molecule has 0 aliphatic rings. The van der Waals surface area contributed by atoms with E-state index in [-0.39, 0.29) is 11.8 Å². The van der Waals surface area contributed by atoms with Crippen LogP contribution in [0.5, 0.6) is 0 Å². The maximum atomic E-state index is 11.7. The van der Waals surface area contributed by atoms with Crippen LogP contribution in [-0.4, -0.2) is 18.4 Å². The van der Waals surface area contributed by atoms with Crippen molar-refractivity contribution in [1.29, 1.82) is 0 Å². The second-order valence-electron chi connectivity index (χ2n) is 3.84. The standard InChI is InChI=1S/C13H18ClNO2/c1-3-17-9-11-6-4-5-7-12(11)15-13(16)10(2)8-14/h4-7,10H,3,8-9H2,1-2H3,(H,15,16). The Morgan fingerprint density at radius 3 is 2.82 bits per heavy atom. The Morgan fingerprint density at radius 1 is 1.47 bits per heavy atom. The van der Waals surface area contributed by atoms with Gasteiger partial charge in [0.15, 0.2) is 0 Å². The molecule has 0 bridgehead atoms. The van der Waals surface area contributed by atoms with Gasteiger partial charge >= 0.3 is 0 Å². The number of anilines is 1. The smallest absolute Gasteiger partial charge is 0.228 e. The summed E-state index contributed by atoms with van der Waals surface area (Å²) in [5.41, 5.74) is 1.77. The predicted octanol–water partition coefficient (Wildman–Crippen LogP) is 3.04. The number of alkyl halides is 1. The number of para-hydroxylation sites is 1. The number of rotatable bonds is 6. The molecule has 3 nitrogen and oxygen atoms in total. The molecule has 1 N–H and O–H groups in total. The first-order valence-electron chi connectivity index (χ1n) is 5.71. The summed E-state index contributed by atoms with van der Waals surface area (Å²) in [5, 5.41) is 2.87. The first kappa shape index (κ1) is 14.0. The molecule has 0 heterocycles. The van der Waals surface area contributed by atoms with Gasteiger partial charge in [-0.1, -0.05) is 25.1 Å². The predicted molar refractivity (Wildman–Crippen MR) is 70.3 cm³/mol. The van der Waals surface area contributed by atoms with E-state index in [0.29, 0.717) is 19.1 Å². The molecule has 0 fully saturated rings. The Bertz CT molecular complexity index is 368. The molecule has 1 amide bonds. The van der Waals surface area contributed by atoms with Crippen LogP contribution in [0.25, 0.3) is 0 Å². The monoisotopic (exact) mass is 255 g/mol. The molecule has 0 aliphatic heterocycles. The molecule has 0 aliphatic carbocycles. The van der Waals surface area contributed by atoms with Crippen molar-refractivity contribution in [2.45, 2.75) is 20.5 Å². The molecule has 1 aromatic carbocycles. The maximum Gasteiger partial charge on any atom is 0.228 e. The van der Waals surface area contributed by atoms with Crippen LogP contribution >= 0.6 is 11.6 Å². The van der Waals surface area contributed by atoms with Crippen LogP contribution in [0.4, 0.5) is 5.69 Å². The van der Waals surface area contributed by atoms with Crippen molar-refractivity contribution in [2.75, 3.05) is 17.8 Å². The highest BCUT2D eigenvalue weighted by Crippen LogP contribution is 2.17. The first-order chi connectivity index (χ1) is 8.19. The van der Waals surface area contributed by atoms with Crippen molar-refractivity contribution in [3.63, 3.8) is 0 Å². The molecule has 1 aromatic rings. The van der Waals surface area contributed by atoms with Gasteiger partial charge in [-0.05, 0) is 13.0 Å². The lowest BCUT2D eigenvalue weighted by Gasteiger charge is -2.13. The number of ether oxygens (including phenoxy) is 1. The van der Waals surface area contributed by atoms with Gasteiger partial charge in [0.1, 0.15) is 0 Å². The molecule has 0 saturated carbocycles. The number of carbonyl (C=O) groups excluding carboxylic acids is 1.